The number of hydrogen-bond donors (Lipinski definition) is 1. The molecule has 1 heterocycles. The molecule has 0 radical (unpaired) electrons. The third kappa shape index (κ3) is 9.49. The van der Waals surface area contributed by atoms with Gasteiger partial charge in [-0.1, -0.05) is 34.6 Å². The minimum Gasteiger partial charge on any atom is -0.505 e. The fourth-order valence-corrected chi connectivity index (χ4v) is 3.20. The number of morpholine rings is 1. The molecule has 1 fully saturated rings. The van der Waals surface area contributed by atoms with Crippen molar-refractivity contribution in [1.29, 1.82) is 0 Å². The van der Waals surface area contributed by atoms with E-state index < -0.39 is 0 Å². The molecule has 190 valence electrons. The van der Waals surface area contributed by atoms with Crippen LogP contribution < -0.4 is 9.47 Å². The lowest BCUT2D eigenvalue weighted by atomic mass is 9.86. The molecule has 2 aromatic rings. The molecule has 0 spiro atoms. The molecule has 0 saturated carbocycles. The first-order valence-electron chi connectivity index (χ1n) is 11.6. The molecule has 0 aromatic heterocycles. The Balaban J connectivity index is 0.00000137. The van der Waals surface area contributed by atoms with Gasteiger partial charge < -0.3 is 19.3 Å². The number of azo groups is 1. The Morgan fingerprint density at radius 2 is 1.62 bits per heavy atom. The molecule has 8 heteroatoms. The maximum Gasteiger partial charge on any atom is 0.147 e. The summed E-state index contributed by atoms with van der Waals surface area (Å²) in [7, 11) is 1.62. The molecule has 1 aliphatic heterocycles. The van der Waals surface area contributed by atoms with Crippen LogP contribution in [-0.2, 0) is 10.2 Å². The quantitative estimate of drug-likeness (QED) is 0.342. The summed E-state index contributed by atoms with van der Waals surface area (Å²) in [5.74, 6) is 1.55. The van der Waals surface area contributed by atoms with Crippen molar-refractivity contribution in [1.82, 2.24) is 4.90 Å². The van der Waals surface area contributed by atoms with Gasteiger partial charge in [0, 0.05) is 37.6 Å². The highest BCUT2D eigenvalue weighted by molar-refractivity contribution is 6.15. The number of phenolic OH excluding ortho intramolecular Hbond substituents is 1. The fraction of sp³-hybridized carbons (Fsp3) is 0.538. The molecule has 1 N–H and O–H groups in total. The second-order valence-corrected chi connectivity index (χ2v) is 8.29. The summed E-state index contributed by atoms with van der Waals surface area (Å²) < 4.78 is 16.6. The van der Waals surface area contributed by atoms with Crippen LogP contribution in [0.4, 0.5) is 11.4 Å². The van der Waals surface area contributed by atoms with Crippen LogP contribution in [0.2, 0.25) is 0 Å². The van der Waals surface area contributed by atoms with E-state index in [-0.39, 0.29) is 11.2 Å². The van der Waals surface area contributed by atoms with Crippen molar-refractivity contribution >= 4 is 23.0 Å². The van der Waals surface area contributed by atoms with Crippen LogP contribution in [0.1, 0.15) is 40.2 Å². The van der Waals surface area contributed by atoms with Gasteiger partial charge in [-0.25, -0.2) is 0 Å². The van der Waals surface area contributed by atoms with E-state index in [0.29, 0.717) is 23.7 Å². The van der Waals surface area contributed by atoms with Crippen LogP contribution in [0.25, 0.3) is 0 Å². The Morgan fingerprint density at radius 1 is 1.00 bits per heavy atom. The third-order valence-corrected chi connectivity index (χ3v) is 5.00. The number of rotatable bonds is 7. The minimum atomic E-state index is -0.266. The van der Waals surface area contributed by atoms with Crippen molar-refractivity contribution in [2.75, 3.05) is 52.9 Å². The van der Waals surface area contributed by atoms with Crippen LogP contribution in [0, 0.1) is 0 Å². The molecule has 3 rings (SSSR count). The van der Waals surface area contributed by atoms with Crippen LogP contribution in [0.15, 0.2) is 46.6 Å². The molecule has 7 nitrogen and oxygen atoms in total. The van der Waals surface area contributed by atoms with Gasteiger partial charge in [0.05, 0.1) is 26.0 Å². The molecule has 0 amide bonds. The second-order valence-electron chi connectivity index (χ2n) is 8.29. The molecule has 0 atom stereocenters. The SMILES string of the molecule is CC.CCl.COc1ccc(N=Nc2cc(OCCN3CCOCC3)cc(C(C)(C)C)c2O)cc1. The number of ether oxygens (including phenoxy) is 3. The average Bonchev–Trinajstić information content (AvgIpc) is 2.86. The Hall–Kier alpha value is -2.35. The molecule has 2 aromatic carbocycles. The predicted molar refractivity (Wildman–Crippen MR) is 140 cm³/mol. The first-order chi connectivity index (χ1) is 16.4. The van der Waals surface area contributed by atoms with E-state index in [2.05, 4.69) is 26.7 Å². The third-order valence-electron chi connectivity index (χ3n) is 5.00. The number of benzene rings is 2. The Labute approximate surface area is 209 Å². The van der Waals surface area contributed by atoms with Crippen LogP contribution in [-0.4, -0.2) is 63.0 Å². The zero-order chi connectivity index (χ0) is 25.6. The van der Waals surface area contributed by atoms with Crippen molar-refractivity contribution in [3.63, 3.8) is 0 Å². The Kier molecular flexibility index (Phi) is 13.6. The van der Waals surface area contributed by atoms with Crippen LogP contribution in [0.5, 0.6) is 17.2 Å². The van der Waals surface area contributed by atoms with E-state index >= 15 is 0 Å². The number of aromatic hydroxyl groups is 1. The molecule has 1 saturated heterocycles. The molecule has 0 aliphatic carbocycles. The average molecular weight is 494 g/mol. The largest absolute Gasteiger partial charge is 0.505 e. The van der Waals surface area contributed by atoms with Gasteiger partial charge >= 0.3 is 0 Å². The van der Waals surface area contributed by atoms with Gasteiger partial charge in [0.25, 0.3) is 0 Å². The molecule has 0 bridgehead atoms. The highest BCUT2D eigenvalue weighted by Crippen LogP contribution is 2.41. The topological polar surface area (TPSA) is 75.9 Å². The number of halogens is 1. The molecular formula is C26H40ClN3O4. The van der Waals surface area contributed by atoms with Gasteiger partial charge in [-0.2, -0.15) is 5.11 Å². The first kappa shape index (κ1) is 29.7. The van der Waals surface area contributed by atoms with Crippen LogP contribution in [0.3, 0.4) is 0 Å². The summed E-state index contributed by atoms with van der Waals surface area (Å²) >= 11 is 4.64. The predicted octanol–water partition coefficient (Wildman–Crippen LogP) is 6.71. The van der Waals surface area contributed by atoms with Crippen molar-refractivity contribution in [2.45, 2.75) is 40.0 Å². The smallest absolute Gasteiger partial charge is 0.147 e. The standard InChI is InChI=1S/C23H31N3O4.C2H6.CH3Cl/c1-23(2,3)20-15-19(30-14-11-26-9-12-29-13-10-26)16-21(22(20)27)25-24-17-5-7-18(28-4)8-6-17;2*1-2/h5-8,15-16,27H,9-14H2,1-4H3;1-2H3;1H3. The first-order valence-corrected chi connectivity index (χ1v) is 12.4. The lowest BCUT2D eigenvalue weighted by molar-refractivity contribution is 0.0322. The fourth-order valence-electron chi connectivity index (χ4n) is 3.20. The number of nitrogens with zero attached hydrogens (tertiary/aromatic N) is 3. The van der Waals surface area contributed by atoms with Crippen molar-refractivity contribution < 1.29 is 19.3 Å². The van der Waals surface area contributed by atoms with E-state index in [1.807, 2.05) is 65.0 Å². The zero-order valence-electron chi connectivity index (χ0n) is 21.6. The van der Waals surface area contributed by atoms with Gasteiger partial charge in [0.1, 0.15) is 29.5 Å². The van der Waals surface area contributed by atoms with E-state index in [1.54, 1.807) is 13.2 Å². The Bertz CT molecular complexity index is 862. The summed E-state index contributed by atoms with van der Waals surface area (Å²) in [5.41, 5.74) is 1.57. The maximum atomic E-state index is 10.8. The van der Waals surface area contributed by atoms with E-state index in [0.717, 1.165) is 44.2 Å². The summed E-state index contributed by atoms with van der Waals surface area (Å²) in [6, 6.07) is 10.9. The number of phenols is 1. The number of hydrogen-bond acceptors (Lipinski definition) is 7. The summed E-state index contributed by atoms with van der Waals surface area (Å²) in [4.78, 5) is 2.32. The Morgan fingerprint density at radius 3 is 2.18 bits per heavy atom. The number of alkyl halides is 1. The van der Waals surface area contributed by atoms with Crippen molar-refractivity contribution in [2.24, 2.45) is 10.2 Å². The molecule has 34 heavy (non-hydrogen) atoms. The maximum absolute atomic E-state index is 10.8. The van der Waals surface area contributed by atoms with Gasteiger partial charge in [-0.15, -0.1) is 16.7 Å². The normalized spacial score (nSPS) is 14.0. The summed E-state index contributed by atoms with van der Waals surface area (Å²) in [5, 5.41) is 19.3. The molecule has 1 aliphatic rings. The molecular weight excluding hydrogens is 454 g/mol. The lowest BCUT2D eigenvalue weighted by Crippen LogP contribution is -2.38. The number of methoxy groups -OCH3 is 1. The highest BCUT2D eigenvalue weighted by Gasteiger charge is 2.22. The monoisotopic (exact) mass is 493 g/mol. The molecule has 0 unspecified atom stereocenters. The van der Waals surface area contributed by atoms with E-state index in [4.69, 9.17) is 14.2 Å². The van der Waals surface area contributed by atoms with Crippen LogP contribution >= 0.6 is 11.6 Å². The van der Waals surface area contributed by atoms with E-state index in [1.165, 1.54) is 6.38 Å². The minimum absolute atomic E-state index is 0.125. The van der Waals surface area contributed by atoms with Crippen molar-refractivity contribution in [3.05, 3.63) is 42.0 Å². The second kappa shape index (κ2) is 15.5. The van der Waals surface area contributed by atoms with Gasteiger partial charge in [0.15, 0.2) is 0 Å². The van der Waals surface area contributed by atoms with Gasteiger partial charge in [-0.3, -0.25) is 4.90 Å². The van der Waals surface area contributed by atoms with Gasteiger partial charge in [0.2, 0.25) is 0 Å². The van der Waals surface area contributed by atoms with Gasteiger partial charge in [-0.05, 0) is 35.7 Å². The van der Waals surface area contributed by atoms with Crippen molar-refractivity contribution in [3.8, 4) is 17.2 Å². The summed E-state index contributed by atoms with van der Waals surface area (Å²) in [6.07, 6.45) is 1.47. The summed E-state index contributed by atoms with van der Waals surface area (Å²) in [6.45, 7) is 14.9. The zero-order valence-corrected chi connectivity index (χ0v) is 22.4. The lowest BCUT2D eigenvalue weighted by Gasteiger charge is -2.26. The highest BCUT2D eigenvalue weighted by atomic mass is 35.5. The van der Waals surface area contributed by atoms with E-state index in [9.17, 15) is 5.11 Å².